The standard InChI is InChI=1S/C10H13Br2NO/c1-3-6(2)14-10-8(11)4-7(13)5-9(10)12/h4-6H,3,13H2,1-2H3. The highest BCUT2D eigenvalue weighted by atomic mass is 79.9. The Morgan fingerprint density at radius 1 is 1.36 bits per heavy atom. The van der Waals surface area contributed by atoms with Crippen LogP contribution < -0.4 is 10.5 Å². The number of benzene rings is 1. The third kappa shape index (κ3) is 2.89. The van der Waals surface area contributed by atoms with Crippen molar-refractivity contribution in [2.75, 3.05) is 5.73 Å². The zero-order valence-corrected chi connectivity index (χ0v) is 11.4. The second-order valence-electron chi connectivity index (χ2n) is 3.15. The Hall–Kier alpha value is -0.220. The lowest BCUT2D eigenvalue weighted by Crippen LogP contribution is -2.10. The van der Waals surface area contributed by atoms with Crippen molar-refractivity contribution in [2.24, 2.45) is 0 Å². The first-order valence-electron chi connectivity index (χ1n) is 4.45. The smallest absolute Gasteiger partial charge is 0.148 e. The SMILES string of the molecule is CCC(C)Oc1c(Br)cc(N)cc1Br. The van der Waals surface area contributed by atoms with E-state index in [1.165, 1.54) is 0 Å². The molecule has 0 aliphatic rings. The van der Waals surface area contributed by atoms with Gasteiger partial charge in [-0.15, -0.1) is 0 Å². The molecule has 1 rings (SSSR count). The number of halogens is 2. The maximum absolute atomic E-state index is 5.73. The average molecular weight is 323 g/mol. The van der Waals surface area contributed by atoms with E-state index in [-0.39, 0.29) is 6.10 Å². The van der Waals surface area contributed by atoms with Crippen LogP contribution in [0.5, 0.6) is 5.75 Å². The summed E-state index contributed by atoms with van der Waals surface area (Å²) in [5, 5.41) is 0. The van der Waals surface area contributed by atoms with Crippen LogP contribution in [0.15, 0.2) is 21.1 Å². The molecule has 2 nitrogen and oxygen atoms in total. The summed E-state index contributed by atoms with van der Waals surface area (Å²) >= 11 is 6.84. The molecule has 0 aromatic heterocycles. The zero-order valence-electron chi connectivity index (χ0n) is 8.18. The first-order chi connectivity index (χ1) is 6.54. The van der Waals surface area contributed by atoms with E-state index in [2.05, 4.69) is 38.8 Å². The Labute approximate surface area is 101 Å². The molecule has 1 aromatic carbocycles. The van der Waals surface area contributed by atoms with Crippen molar-refractivity contribution in [2.45, 2.75) is 26.4 Å². The van der Waals surface area contributed by atoms with E-state index in [0.717, 1.165) is 21.1 Å². The Morgan fingerprint density at radius 3 is 2.29 bits per heavy atom. The minimum Gasteiger partial charge on any atom is -0.488 e. The highest BCUT2D eigenvalue weighted by Crippen LogP contribution is 2.36. The fourth-order valence-corrected chi connectivity index (χ4v) is 2.39. The molecular weight excluding hydrogens is 310 g/mol. The predicted molar refractivity (Wildman–Crippen MR) is 66.6 cm³/mol. The molecule has 1 atom stereocenters. The fraction of sp³-hybridized carbons (Fsp3) is 0.400. The minimum absolute atomic E-state index is 0.200. The fourth-order valence-electron chi connectivity index (χ4n) is 0.977. The van der Waals surface area contributed by atoms with Crippen LogP contribution in [-0.2, 0) is 0 Å². The molecule has 0 amide bonds. The number of hydrogen-bond donors (Lipinski definition) is 1. The van der Waals surface area contributed by atoms with E-state index in [0.29, 0.717) is 5.69 Å². The van der Waals surface area contributed by atoms with Crippen LogP contribution in [0.25, 0.3) is 0 Å². The highest BCUT2D eigenvalue weighted by Gasteiger charge is 2.10. The number of rotatable bonds is 3. The molecule has 0 fully saturated rings. The van der Waals surface area contributed by atoms with Gasteiger partial charge in [0.05, 0.1) is 15.0 Å². The quantitative estimate of drug-likeness (QED) is 0.854. The van der Waals surface area contributed by atoms with Crippen molar-refractivity contribution in [1.29, 1.82) is 0 Å². The summed E-state index contributed by atoms with van der Waals surface area (Å²) in [5.74, 6) is 0.813. The molecule has 14 heavy (non-hydrogen) atoms. The van der Waals surface area contributed by atoms with Gasteiger partial charge in [-0.2, -0.15) is 0 Å². The van der Waals surface area contributed by atoms with Crippen LogP contribution in [0, 0.1) is 0 Å². The van der Waals surface area contributed by atoms with Crippen LogP contribution in [0.2, 0.25) is 0 Å². The molecule has 0 radical (unpaired) electrons. The molecule has 1 aromatic rings. The van der Waals surface area contributed by atoms with E-state index in [1.54, 1.807) is 0 Å². The van der Waals surface area contributed by atoms with Crippen molar-refractivity contribution in [3.05, 3.63) is 21.1 Å². The van der Waals surface area contributed by atoms with Crippen LogP contribution >= 0.6 is 31.9 Å². The summed E-state index contributed by atoms with van der Waals surface area (Å²) in [4.78, 5) is 0. The summed E-state index contributed by atoms with van der Waals surface area (Å²) in [6.45, 7) is 4.12. The lowest BCUT2D eigenvalue weighted by molar-refractivity contribution is 0.214. The Balaban J connectivity index is 2.96. The molecule has 0 saturated heterocycles. The van der Waals surface area contributed by atoms with E-state index in [4.69, 9.17) is 10.5 Å². The second kappa shape index (κ2) is 5.03. The number of ether oxygens (including phenoxy) is 1. The predicted octanol–water partition coefficient (Wildman–Crippen LogP) is 3.97. The van der Waals surface area contributed by atoms with Crippen LogP contribution in [0.1, 0.15) is 20.3 Å². The number of anilines is 1. The highest BCUT2D eigenvalue weighted by molar-refractivity contribution is 9.11. The summed E-state index contributed by atoms with van der Waals surface area (Å²) in [5.41, 5.74) is 6.38. The third-order valence-corrected chi connectivity index (χ3v) is 3.09. The average Bonchev–Trinajstić information content (AvgIpc) is 2.10. The van der Waals surface area contributed by atoms with E-state index >= 15 is 0 Å². The lowest BCUT2D eigenvalue weighted by atomic mass is 10.3. The van der Waals surface area contributed by atoms with Gasteiger partial charge in [0.2, 0.25) is 0 Å². The molecule has 1 unspecified atom stereocenters. The van der Waals surface area contributed by atoms with Crippen molar-refractivity contribution < 1.29 is 4.74 Å². The number of nitrogens with two attached hydrogens (primary N) is 1. The van der Waals surface area contributed by atoms with Gasteiger partial charge in [-0.1, -0.05) is 6.92 Å². The second-order valence-corrected chi connectivity index (χ2v) is 4.86. The van der Waals surface area contributed by atoms with Gasteiger partial charge in [-0.3, -0.25) is 0 Å². The van der Waals surface area contributed by atoms with Gasteiger partial charge >= 0.3 is 0 Å². The van der Waals surface area contributed by atoms with Gasteiger partial charge in [0.15, 0.2) is 0 Å². The zero-order chi connectivity index (χ0) is 10.7. The van der Waals surface area contributed by atoms with E-state index in [9.17, 15) is 0 Å². The van der Waals surface area contributed by atoms with Gasteiger partial charge in [0.1, 0.15) is 5.75 Å². The van der Waals surface area contributed by atoms with Gasteiger partial charge in [0, 0.05) is 5.69 Å². The van der Waals surface area contributed by atoms with Crippen molar-refractivity contribution in [3.8, 4) is 5.75 Å². The maximum Gasteiger partial charge on any atom is 0.148 e. The lowest BCUT2D eigenvalue weighted by Gasteiger charge is -2.15. The monoisotopic (exact) mass is 321 g/mol. The molecule has 0 spiro atoms. The topological polar surface area (TPSA) is 35.2 Å². The normalized spacial score (nSPS) is 12.6. The Morgan fingerprint density at radius 2 is 1.86 bits per heavy atom. The molecule has 78 valence electrons. The minimum atomic E-state index is 0.200. The first kappa shape index (κ1) is 11.9. The van der Waals surface area contributed by atoms with Crippen molar-refractivity contribution in [3.63, 3.8) is 0 Å². The molecule has 0 aliphatic heterocycles. The van der Waals surface area contributed by atoms with Crippen LogP contribution in [0.4, 0.5) is 5.69 Å². The molecule has 2 N–H and O–H groups in total. The van der Waals surface area contributed by atoms with E-state index < -0.39 is 0 Å². The van der Waals surface area contributed by atoms with Crippen LogP contribution in [0.3, 0.4) is 0 Å². The van der Waals surface area contributed by atoms with Crippen molar-refractivity contribution >= 4 is 37.5 Å². The van der Waals surface area contributed by atoms with Gasteiger partial charge in [0.25, 0.3) is 0 Å². The van der Waals surface area contributed by atoms with Gasteiger partial charge < -0.3 is 10.5 Å². The summed E-state index contributed by atoms with van der Waals surface area (Å²) in [6, 6.07) is 3.67. The third-order valence-electron chi connectivity index (χ3n) is 1.91. The largest absolute Gasteiger partial charge is 0.488 e. The molecule has 0 bridgehead atoms. The molecule has 0 saturated carbocycles. The molecule has 0 heterocycles. The number of hydrogen-bond acceptors (Lipinski definition) is 2. The maximum atomic E-state index is 5.73. The molecule has 0 aliphatic carbocycles. The van der Waals surface area contributed by atoms with Gasteiger partial charge in [-0.25, -0.2) is 0 Å². The number of nitrogen functional groups attached to an aromatic ring is 1. The van der Waals surface area contributed by atoms with Crippen LogP contribution in [-0.4, -0.2) is 6.10 Å². The first-order valence-corrected chi connectivity index (χ1v) is 6.04. The summed E-state index contributed by atoms with van der Waals surface area (Å²) in [6.07, 6.45) is 1.18. The summed E-state index contributed by atoms with van der Waals surface area (Å²) in [7, 11) is 0. The van der Waals surface area contributed by atoms with Crippen molar-refractivity contribution in [1.82, 2.24) is 0 Å². The Kier molecular flexibility index (Phi) is 4.26. The molecule has 4 heteroatoms. The summed E-state index contributed by atoms with van der Waals surface area (Å²) < 4.78 is 7.49. The van der Waals surface area contributed by atoms with Gasteiger partial charge in [-0.05, 0) is 57.3 Å². The molecular formula is C10H13Br2NO. The Bertz CT molecular complexity index is 305. The van der Waals surface area contributed by atoms with E-state index in [1.807, 2.05) is 19.1 Å².